The molecule has 0 amide bonds. The second kappa shape index (κ2) is 6.05. The van der Waals surface area contributed by atoms with E-state index in [9.17, 15) is 0 Å². The summed E-state index contributed by atoms with van der Waals surface area (Å²) in [6.45, 7) is 0. The first-order valence-corrected chi connectivity index (χ1v) is 7.79. The smallest absolute Gasteiger partial charge is 0.103 e. The quantitative estimate of drug-likeness (QED) is 0.580. The van der Waals surface area contributed by atoms with E-state index >= 15 is 0 Å². The zero-order chi connectivity index (χ0) is 11.4. The number of hydrogen-bond acceptors (Lipinski definition) is 3. The predicted octanol–water partition coefficient (Wildman–Crippen LogP) is 4.94. The molecule has 0 spiro atoms. The van der Waals surface area contributed by atoms with Crippen molar-refractivity contribution >= 4 is 50.6 Å². The monoisotopic (exact) mass is 333 g/mol. The maximum Gasteiger partial charge on any atom is 0.103 e. The molecule has 0 saturated carbocycles. The van der Waals surface area contributed by atoms with Crippen LogP contribution in [0, 0.1) is 0 Å². The Bertz CT molecular complexity index is 455. The zero-order valence-electron chi connectivity index (χ0n) is 8.32. The van der Waals surface area contributed by atoms with Gasteiger partial charge in [-0.25, -0.2) is 4.98 Å². The van der Waals surface area contributed by atoms with Crippen LogP contribution in [-0.4, -0.2) is 4.98 Å². The van der Waals surface area contributed by atoms with Gasteiger partial charge in [0.2, 0.25) is 0 Å². The number of halogens is 2. The fourth-order valence-corrected chi connectivity index (χ4v) is 3.32. The van der Waals surface area contributed by atoms with Crippen molar-refractivity contribution in [3.8, 4) is 0 Å². The number of nitrogens with zero attached hydrogens (tertiary/aromatic N) is 1. The molecule has 0 unspecified atom stereocenters. The van der Waals surface area contributed by atoms with Gasteiger partial charge in [0, 0.05) is 20.4 Å². The molecule has 1 heterocycles. The summed E-state index contributed by atoms with van der Waals surface area (Å²) in [6, 6.07) is 8.30. The molecule has 0 N–H and O–H groups in total. The highest BCUT2D eigenvalue weighted by molar-refractivity contribution is 9.10. The highest BCUT2D eigenvalue weighted by Gasteiger charge is 2.02. The maximum absolute atomic E-state index is 5.73. The van der Waals surface area contributed by atoms with E-state index in [1.54, 1.807) is 23.1 Å². The largest absolute Gasteiger partial charge is 0.248 e. The van der Waals surface area contributed by atoms with Crippen LogP contribution < -0.4 is 0 Å². The average molecular weight is 335 g/mol. The minimum Gasteiger partial charge on any atom is -0.248 e. The van der Waals surface area contributed by atoms with Crippen LogP contribution in [0.3, 0.4) is 0 Å². The first-order valence-electron chi connectivity index (χ1n) is 4.66. The lowest BCUT2D eigenvalue weighted by molar-refractivity contribution is 1.25. The summed E-state index contributed by atoms with van der Waals surface area (Å²) in [6.07, 6.45) is 1.86. The molecular weight excluding hydrogens is 326 g/mol. The van der Waals surface area contributed by atoms with Gasteiger partial charge in [0.1, 0.15) is 5.01 Å². The molecule has 0 aliphatic rings. The molecule has 16 heavy (non-hydrogen) atoms. The second-order valence-electron chi connectivity index (χ2n) is 3.10. The Kier molecular flexibility index (Phi) is 4.70. The first kappa shape index (κ1) is 12.4. The summed E-state index contributed by atoms with van der Waals surface area (Å²) >= 11 is 12.6. The maximum atomic E-state index is 5.73. The van der Waals surface area contributed by atoms with Gasteiger partial charge < -0.3 is 0 Å². The molecule has 1 aromatic heterocycles. The fourth-order valence-electron chi connectivity index (χ4n) is 1.15. The van der Waals surface area contributed by atoms with Crippen molar-refractivity contribution in [3.63, 3.8) is 0 Å². The van der Waals surface area contributed by atoms with Crippen molar-refractivity contribution in [1.29, 1.82) is 0 Å². The Hall–Kier alpha value is -0.0300. The Morgan fingerprint density at radius 1 is 1.31 bits per heavy atom. The third-order valence-electron chi connectivity index (χ3n) is 1.91. The van der Waals surface area contributed by atoms with Crippen molar-refractivity contribution in [3.05, 3.63) is 44.8 Å². The van der Waals surface area contributed by atoms with E-state index in [1.807, 2.05) is 18.3 Å². The van der Waals surface area contributed by atoms with Gasteiger partial charge in [-0.15, -0.1) is 34.7 Å². The molecule has 1 nitrogen and oxygen atoms in total. The molecule has 0 aliphatic heterocycles. The zero-order valence-corrected chi connectivity index (χ0v) is 12.3. The molecule has 1 aromatic carbocycles. The van der Waals surface area contributed by atoms with E-state index < -0.39 is 0 Å². The summed E-state index contributed by atoms with van der Waals surface area (Å²) < 4.78 is 1.11. The molecule has 2 aromatic rings. The van der Waals surface area contributed by atoms with Crippen LogP contribution in [-0.2, 0) is 11.6 Å². The van der Waals surface area contributed by atoms with Crippen LogP contribution in [0.2, 0.25) is 0 Å². The molecule has 2 rings (SSSR count). The van der Waals surface area contributed by atoms with Crippen molar-refractivity contribution < 1.29 is 0 Å². The number of thioether (sulfide) groups is 1. The normalized spacial score (nSPS) is 10.6. The van der Waals surface area contributed by atoms with Gasteiger partial charge >= 0.3 is 0 Å². The number of hydrogen-bond donors (Lipinski definition) is 0. The fraction of sp³-hybridized carbons (Fsp3) is 0.182. The minimum absolute atomic E-state index is 0.556. The molecule has 0 saturated heterocycles. The van der Waals surface area contributed by atoms with Crippen molar-refractivity contribution in [2.75, 3.05) is 0 Å². The van der Waals surface area contributed by atoms with E-state index in [2.05, 4.69) is 33.0 Å². The summed E-state index contributed by atoms with van der Waals surface area (Å²) in [5.41, 5.74) is 0. The van der Waals surface area contributed by atoms with Crippen LogP contribution in [0.5, 0.6) is 0 Å². The average Bonchev–Trinajstić information content (AvgIpc) is 2.76. The number of benzene rings is 1. The Balaban J connectivity index is 1.94. The molecule has 0 radical (unpaired) electrons. The van der Waals surface area contributed by atoms with Crippen molar-refractivity contribution in [1.82, 2.24) is 4.98 Å². The molecular formula is C11H9BrClNS2. The van der Waals surface area contributed by atoms with Crippen LogP contribution in [0.1, 0.15) is 9.88 Å². The molecule has 0 atom stereocenters. The topological polar surface area (TPSA) is 12.9 Å². The summed E-state index contributed by atoms with van der Waals surface area (Å²) in [4.78, 5) is 6.71. The lowest BCUT2D eigenvalue weighted by Gasteiger charge is -1.98. The van der Waals surface area contributed by atoms with Gasteiger partial charge in [0.05, 0.1) is 11.6 Å². The van der Waals surface area contributed by atoms with Crippen molar-refractivity contribution in [2.45, 2.75) is 16.5 Å². The SMILES string of the molecule is ClCc1cnc(CSc2ccc(Br)cc2)s1. The number of rotatable bonds is 4. The van der Waals surface area contributed by atoms with Gasteiger partial charge in [-0.1, -0.05) is 15.9 Å². The Morgan fingerprint density at radius 2 is 2.06 bits per heavy atom. The number of alkyl halides is 1. The van der Waals surface area contributed by atoms with Crippen LogP contribution >= 0.6 is 50.6 Å². The third kappa shape index (κ3) is 3.48. The van der Waals surface area contributed by atoms with Gasteiger partial charge in [-0.05, 0) is 24.3 Å². The van der Waals surface area contributed by atoms with Crippen molar-refractivity contribution in [2.24, 2.45) is 0 Å². The van der Waals surface area contributed by atoms with E-state index in [1.165, 1.54) is 4.90 Å². The number of thiazole rings is 1. The van der Waals surface area contributed by atoms with E-state index in [-0.39, 0.29) is 0 Å². The number of aromatic nitrogens is 1. The van der Waals surface area contributed by atoms with E-state index in [0.29, 0.717) is 5.88 Å². The first-order chi connectivity index (χ1) is 7.78. The lowest BCUT2D eigenvalue weighted by Crippen LogP contribution is -1.77. The second-order valence-corrected chi connectivity index (χ2v) is 6.53. The van der Waals surface area contributed by atoms with E-state index in [0.717, 1.165) is 20.1 Å². The van der Waals surface area contributed by atoms with Gasteiger partial charge in [0.25, 0.3) is 0 Å². The Labute approximate surface area is 116 Å². The van der Waals surface area contributed by atoms with Gasteiger partial charge in [-0.3, -0.25) is 0 Å². The van der Waals surface area contributed by atoms with Crippen LogP contribution in [0.15, 0.2) is 39.8 Å². The van der Waals surface area contributed by atoms with Crippen LogP contribution in [0.4, 0.5) is 0 Å². The van der Waals surface area contributed by atoms with Gasteiger partial charge in [0.15, 0.2) is 0 Å². The molecule has 5 heteroatoms. The highest BCUT2D eigenvalue weighted by Crippen LogP contribution is 2.26. The standard InChI is InChI=1S/C11H9BrClNS2/c12-8-1-3-9(4-2-8)15-7-11-14-6-10(5-13)16-11/h1-4,6H,5,7H2. The Morgan fingerprint density at radius 3 is 2.69 bits per heavy atom. The third-order valence-corrected chi connectivity index (χ3v) is 5.09. The summed E-state index contributed by atoms with van der Waals surface area (Å²) in [5.74, 6) is 1.46. The molecule has 0 aliphatic carbocycles. The minimum atomic E-state index is 0.556. The molecule has 84 valence electrons. The lowest BCUT2D eigenvalue weighted by atomic mass is 10.4. The summed E-state index contributed by atoms with van der Waals surface area (Å²) in [7, 11) is 0. The van der Waals surface area contributed by atoms with E-state index in [4.69, 9.17) is 11.6 Å². The molecule has 0 bridgehead atoms. The van der Waals surface area contributed by atoms with Gasteiger partial charge in [-0.2, -0.15) is 0 Å². The predicted molar refractivity (Wildman–Crippen MR) is 75.4 cm³/mol. The highest BCUT2D eigenvalue weighted by atomic mass is 79.9. The van der Waals surface area contributed by atoms with Crippen LogP contribution in [0.25, 0.3) is 0 Å². The molecule has 0 fully saturated rings. The summed E-state index contributed by atoms with van der Waals surface area (Å²) in [5, 5.41) is 1.13.